The van der Waals surface area contributed by atoms with Crippen molar-refractivity contribution in [2.24, 2.45) is 0 Å². The summed E-state index contributed by atoms with van der Waals surface area (Å²) >= 11 is 0. The van der Waals surface area contributed by atoms with E-state index in [-0.39, 0.29) is 11.5 Å². The van der Waals surface area contributed by atoms with E-state index in [4.69, 9.17) is 10.00 Å². The van der Waals surface area contributed by atoms with E-state index in [2.05, 4.69) is 6.07 Å². The van der Waals surface area contributed by atoms with E-state index < -0.39 is 23.0 Å². The van der Waals surface area contributed by atoms with Gasteiger partial charge in [-0.15, -0.1) is 0 Å². The maximum Gasteiger partial charge on any atom is 0.272 e. The molecule has 0 aliphatic heterocycles. The average Bonchev–Trinajstić information content (AvgIpc) is 3.04. The Morgan fingerprint density at radius 2 is 2.07 bits per heavy atom. The van der Waals surface area contributed by atoms with Gasteiger partial charge in [-0.3, -0.25) is 14.9 Å². The predicted octanol–water partition coefficient (Wildman–Crippen LogP) is 3.86. The van der Waals surface area contributed by atoms with E-state index in [9.17, 15) is 19.3 Å². The third-order valence-corrected chi connectivity index (χ3v) is 4.04. The van der Waals surface area contributed by atoms with Gasteiger partial charge >= 0.3 is 0 Å². The summed E-state index contributed by atoms with van der Waals surface area (Å²) in [4.78, 5) is 22.5. The summed E-state index contributed by atoms with van der Waals surface area (Å²) in [6.07, 6.45) is 1.96. The van der Waals surface area contributed by atoms with Crippen LogP contribution in [-0.4, -0.2) is 21.9 Å². The molecule has 0 fully saturated rings. The first-order valence-corrected chi connectivity index (χ1v) is 8.06. The van der Waals surface area contributed by atoms with Crippen LogP contribution in [0.1, 0.15) is 16.8 Å². The molecular formula is C19H14FN3O4. The van der Waals surface area contributed by atoms with E-state index in [1.807, 2.05) is 16.7 Å². The maximum atomic E-state index is 13.9. The Kier molecular flexibility index (Phi) is 5.13. The molecule has 3 rings (SSSR count). The first-order valence-electron chi connectivity index (χ1n) is 8.06. The number of aryl methyl sites for hydroxylation is 1. The second-order valence-electron chi connectivity index (χ2n) is 5.75. The molecule has 0 aliphatic carbocycles. The Morgan fingerprint density at radius 3 is 2.78 bits per heavy atom. The lowest BCUT2D eigenvalue weighted by molar-refractivity contribution is -0.385. The number of nitro groups is 1. The van der Waals surface area contributed by atoms with Gasteiger partial charge in [0.05, 0.1) is 23.5 Å². The van der Waals surface area contributed by atoms with Gasteiger partial charge < -0.3 is 9.30 Å². The molecule has 0 bridgehead atoms. The number of nitro benzene ring substituents is 1. The topological polar surface area (TPSA) is 98.2 Å². The molecule has 0 radical (unpaired) electrons. The molecule has 1 heterocycles. The van der Waals surface area contributed by atoms with Crippen LogP contribution in [0.15, 0.2) is 48.7 Å². The van der Waals surface area contributed by atoms with E-state index in [1.165, 1.54) is 0 Å². The zero-order valence-electron chi connectivity index (χ0n) is 14.1. The number of nitriles is 1. The molecule has 0 amide bonds. The van der Waals surface area contributed by atoms with E-state index in [0.29, 0.717) is 23.9 Å². The Morgan fingerprint density at radius 1 is 1.30 bits per heavy atom. The molecule has 7 nitrogen and oxygen atoms in total. The van der Waals surface area contributed by atoms with Gasteiger partial charge in [0.1, 0.15) is 0 Å². The highest BCUT2D eigenvalue weighted by Gasteiger charge is 2.17. The number of halogens is 1. The molecule has 27 heavy (non-hydrogen) atoms. The fourth-order valence-electron chi connectivity index (χ4n) is 2.77. The average molecular weight is 367 g/mol. The summed E-state index contributed by atoms with van der Waals surface area (Å²) in [6.45, 7) is 0.0309. The van der Waals surface area contributed by atoms with Gasteiger partial charge in [-0.1, -0.05) is 18.2 Å². The number of ether oxygens (including phenoxy) is 1. The van der Waals surface area contributed by atoms with Gasteiger partial charge in [-0.05, 0) is 12.1 Å². The highest BCUT2D eigenvalue weighted by Crippen LogP contribution is 2.25. The van der Waals surface area contributed by atoms with E-state index in [1.54, 1.807) is 18.3 Å². The fourth-order valence-corrected chi connectivity index (χ4v) is 2.77. The normalized spacial score (nSPS) is 10.5. The lowest BCUT2D eigenvalue weighted by Crippen LogP contribution is -2.12. The number of rotatable bonds is 7. The van der Waals surface area contributed by atoms with Crippen LogP contribution in [0.2, 0.25) is 0 Å². The molecule has 0 atom stereocenters. The molecule has 0 saturated heterocycles. The molecule has 1 aromatic heterocycles. The Balaban J connectivity index is 1.81. The number of Topliss-reactive ketones (excluding diaryl/α,β-unsaturated/α-hetero) is 1. The van der Waals surface area contributed by atoms with Crippen LogP contribution in [0.4, 0.5) is 10.1 Å². The number of ketones is 1. The van der Waals surface area contributed by atoms with Gasteiger partial charge in [-0.2, -0.15) is 5.26 Å². The van der Waals surface area contributed by atoms with Crippen molar-refractivity contribution in [1.82, 2.24) is 4.57 Å². The number of hydrogen-bond acceptors (Lipinski definition) is 5. The molecular weight excluding hydrogens is 353 g/mol. The van der Waals surface area contributed by atoms with Crippen LogP contribution in [0.25, 0.3) is 10.9 Å². The van der Waals surface area contributed by atoms with Crippen molar-refractivity contribution >= 4 is 22.4 Å². The molecule has 0 unspecified atom stereocenters. The lowest BCUT2D eigenvalue weighted by atomic mass is 10.1. The van der Waals surface area contributed by atoms with Crippen LogP contribution in [0.5, 0.6) is 5.75 Å². The number of carbonyl (C=O) groups is 1. The minimum atomic E-state index is -0.909. The number of nitrogens with zero attached hydrogens (tertiary/aromatic N) is 3. The van der Waals surface area contributed by atoms with Crippen LogP contribution >= 0.6 is 0 Å². The molecule has 3 aromatic rings. The largest absolute Gasteiger partial charge is 0.482 e. The Bertz CT molecular complexity index is 1070. The minimum absolute atomic E-state index is 0.234. The van der Waals surface area contributed by atoms with Gasteiger partial charge in [0.2, 0.25) is 5.78 Å². The van der Waals surface area contributed by atoms with Crippen molar-refractivity contribution in [3.63, 3.8) is 0 Å². The zero-order chi connectivity index (χ0) is 19.4. The number of para-hydroxylation sites is 1. The summed E-state index contributed by atoms with van der Waals surface area (Å²) in [6, 6.07) is 12.3. The van der Waals surface area contributed by atoms with E-state index >= 15 is 0 Å². The summed E-state index contributed by atoms with van der Waals surface area (Å²) < 4.78 is 20.9. The first-order chi connectivity index (χ1) is 13.0. The number of fused-ring (bicyclic) bond motifs is 1. The molecule has 0 aliphatic rings. The second kappa shape index (κ2) is 7.66. The fraction of sp³-hybridized carbons (Fsp3) is 0.158. The SMILES string of the molecule is N#CCCn1cc(C(=O)COc2ccc([N+](=O)[O-])cc2F)c2ccccc21. The zero-order valence-corrected chi connectivity index (χ0v) is 14.1. The number of aromatic nitrogens is 1. The summed E-state index contributed by atoms with van der Waals surface area (Å²) in [7, 11) is 0. The van der Waals surface area contributed by atoms with Crippen LogP contribution in [0.3, 0.4) is 0 Å². The number of hydrogen-bond donors (Lipinski definition) is 0. The van der Waals surface area contributed by atoms with Gasteiger partial charge in [0.25, 0.3) is 5.69 Å². The lowest BCUT2D eigenvalue weighted by Gasteiger charge is -2.06. The van der Waals surface area contributed by atoms with Crippen molar-refractivity contribution in [3.05, 3.63) is 70.2 Å². The Labute approximate surface area is 153 Å². The molecule has 0 spiro atoms. The standard InChI is InChI=1S/C19H14FN3O4/c20-16-10-13(23(25)26)6-7-19(16)27-12-18(24)15-11-22(9-3-8-21)17-5-2-1-4-14(15)17/h1-2,4-7,10-11H,3,9,12H2. The summed E-state index contributed by atoms with van der Waals surface area (Å²) in [5, 5.41) is 20.1. The van der Waals surface area contributed by atoms with Crippen molar-refractivity contribution < 1.29 is 18.8 Å². The molecule has 8 heteroatoms. The van der Waals surface area contributed by atoms with Crippen LogP contribution in [-0.2, 0) is 6.54 Å². The monoisotopic (exact) mass is 367 g/mol. The van der Waals surface area contributed by atoms with Gasteiger partial charge in [0.15, 0.2) is 18.2 Å². The molecule has 136 valence electrons. The van der Waals surface area contributed by atoms with Crippen LogP contribution < -0.4 is 4.74 Å². The van der Waals surface area contributed by atoms with Crippen LogP contribution in [0, 0.1) is 27.3 Å². The summed E-state index contributed by atoms with van der Waals surface area (Å²) in [5.41, 5.74) is 0.829. The highest BCUT2D eigenvalue weighted by atomic mass is 19.1. The number of benzene rings is 2. The van der Waals surface area contributed by atoms with E-state index in [0.717, 1.165) is 23.7 Å². The number of non-ortho nitro benzene ring substituents is 1. The third kappa shape index (κ3) is 3.77. The molecule has 0 N–H and O–H groups in total. The molecule has 0 saturated carbocycles. The predicted molar refractivity (Wildman–Crippen MR) is 95.0 cm³/mol. The minimum Gasteiger partial charge on any atom is -0.482 e. The highest BCUT2D eigenvalue weighted by molar-refractivity contribution is 6.08. The van der Waals surface area contributed by atoms with Crippen molar-refractivity contribution in [2.45, 2.75) is 13.0 Å². The van der Waals surface area contributed by atoms with Crippen molar-refractivity contribution in [2.75, 3.05) is 6.61 Å². The summed E-state index contributed by atoms with van der Waals surface area (Å²) in [5.74, 6) is -1.50. The number of carbonyl (C=O) groups excluding carboxylic acids is 1. The quantitative estimate of drug-likeness (QED) is 0.359. The maximum absolute atomic E-state index is 13.9. The second-order valence-corrected chi connectivity index (χ2v) is 5.75. The first kappa shape index (κ1) is 18.1. The smallest absolute Gasteiger partial charge is 0.272 e. The van der Waals surface area contributed by atoms with Crippen molar-refractivity contribution in [3.8, 4) is 11.8 Å². The Hall–Kier alpha value is -3.73. The van der Waals surface area contributed by atoms with Crippen molar-refractivity contribution in [1.29, 1.82) is 5.26 Å². The third-order valence-electron chi connectivity index (χ3n) is 4.04. The van der Waals surface area contributed by atoms with Gasteiger partial charge in [-0.25, -0.2) is 4.39 Å². The van der Waals surface area contributed by atoms with Gasteiger partial charge in [0, 0.05) is 35.3 Å². The molecule has 2 aromatic carbocycles.